The quantitative estimate of drug-likeness (QED) is 0.380. The van der Waals surface area contributed by atoms with E-state index >= 15 is 0 Å². The molecule has 27 heavy (non-hydrogen) atoms. The third kappa shape index (κ3) is 7.09. The van der Waals surface area contributed by atoms with Crippen LogP contribution in [0, 0.1) is 6.92 Å². The van der Waals surface area contributed by atoms with Gasteiger partial charge in [0.05, 0.1) is 5.56 Å². The van der Waals surface area contributed by atoms with Crippen molar-refractivity contribution in [2.45, 2.75) is 26.7 Å². The first-order valence-corrected chi connectivity index (χ1v) is 9.37. The number of hydrogen-bond donors (Lipinski definition) is 3. The number of aromatic nitrogens is 1. The highest BCUT2D eigenvalue weighted by atomic mass is 16.1. The number of benzene rings is 1. The van der Waals surface area contributed by atoms with Crippen molar-refractivity contribution in [2.24, 2.45) is 4.99 Å². The van der Waals surface area contributed by atoms with Gasteiger partial charge in [-0.25, -0.2) is 0 Å². The number of rotatable bonds is 8. The second-order valence-corrected chi connectivity index (χ2v) is 6.46. The van der Waals surface area contributed by atoms with E-state index in [0.717, 1.165) is 12.5 Å². The molecular weight excluding hydrogens is 338 g/mol. The summed E-state index contributed by atoms with van der Waals surface area (Å²) in [6.45, 7) is 8.87. The zero-order valence-corrected chi connectivity index (χ0v) is 16.3. The summed E-state index contributed by atoms with van der Waals surface area (Å²) in [7, 11) is 0. The van der Waals surface area contributed by atoms with Gasteiger partial charge in [0.25, 0.3) is 5.91 Å². The number of guanidine groups is 1. The van der Waals surface area contributed by atoms with Crippen LogP contribution < -0.4 is 16.0 Å². The Kier molecular flexibility index (Phi) is 8.29. The molecule has 0 aliphatic rings. The highest BCUT2D eigenvalue weighted by Crippen LogP contribution is 2.15. The molecule has 1 aromatic heterocycles. The van der Waals surface area contributed by atoms with Crippen LogP contribution in [0.3, 0.4) is 0 Å². The zero-order chi connectivity index (χ0) is 19.5. The highest BCUT2D eigenvalue weighted by molar-refractivity contribution is 5.93. The molecule has 6 nitrogen and oxygen atoms in total. The van der Waals surface area contributed by atoms with E-state index in [1.165, 1.54) is 11.1 Å². The number of pyridine rings is 1. The largest absolute Gasteiger partial charge is 0.357 e. The lowest BCUT2D eigenvalue weighted by atomic mass is 10.0. The molecule has 6 heteroatoms. The molecule has 1 aromatic carbocycles. The number of carbonyl (C=O) groups is 1. The summed E-state index contributed by atoms with van der Waals surface area (Å²) in [5, 5.41) is 9.35. The van der Waals surface area contributed by atoms with Crippen LogP contribution in [-0.2, 0) is 0 Å². The van der Waals surface area contributed by atoms with E-state index in [0.29, 0.717) is 31.1 Å². The molecule has 1 heterocycles. The van der Waals surface area contributed by atoms with Crippen molar-refractivity contribution in [1.29, 1.82) is 0 Å². The van der Waals surface area contributed by atoms with Crippen molar-refractivity contribution in [3.8, 4) is 0 Å². The van der Waals surface area contributed by atoms with E-state index in [4.69, 9.17) is 0 Å². The van der Waals surface area contributed by atoms with Gasteiger partial charge in [-0.1, -0.05) is 36.8 Å². The molecule has 1 amide bonds. The van der Waals surface area contributed by atoms with Gasteiger partial charge in [0.15, 0.2) is 5.96 Å². The Balaban J connectivity index is 1.79. The summed E-state index contributed by atoms with van der Waals surface area (Å²) >= 11 is 0. The summed E-state index contributed by atoms with van der Waals surface area (Å²) in [4.78, 5) is 20.6. The Labute approximate surface area is 161 Å². The van der Waals surface area contributed by atoms with E-state index < -0.39 is 0 Å². The molecule has 0 fully saturated rings. The highest BCUT2D eigenvalue weighted by Gasteiger charge is 2.06. The van der Waals surface area contributed by atoms with Gasteiger partial charge in [0.1, 0.15) is 0 Å². The van der Waals surface area contributed by atoms with Crippen molar-refractivity contribution in [1.82, 2.24) is 20.9 Å². The molecule has 0 bridgehead atoms. The molecule has 1 unspecified atom stereocenters. The van der Waals surface area contributed by atoms with Gasteiger partial charge in [-0.15, -0.1) is 0 Å². The fraction of sp³-hybridized carbons (Fsp3) is 0.381. The van der Waals surface area contributed by atoms with Crippen LogP contribution in [0.1, 0.15) is 41.3 Å². The molecule has 0 saturated heterocycles. The minimum absolute atomic E-state index is 0.125. The zero-order valence-electron chi connectivity index (χ0n) is 16.3. The van der Waals surface area contributed by atoms with Crippen LogP contribution >= 0.6 is 0 Å². The molecular formula is C21H29N5O. The molecule has 144 valence electrons. The maximum atomic E-state index is 12.0. The first-order chi connectivity index (χ1) is 13.1. The van der Waals surface area contributed by atoms with E-state index in [9.17, 15) is 4.79 Å². The predicted molar refractivity (Wildman–Crippen MR) is 110 cm³/mol. The van der Waals surface area contributed by atoms with Gasteiger partial charge >= 0.3 is 0 Å². The molecule has 2 aromatic rings. The van der Waals surface area contributed by atoms with E-state index in [-0.39, 0.29) is 5.91 Å². The van der Waals surface area contributed by atoms with Crippen LogP contribution in [0.25, 0.3) is 0 Å². The van der Waals surface area contributed by atoms with Gasteiger partial charge in [-0.2, -0.15) is 0 Å². The minimum atomic E-state index is -0.125. The maximum absolute atomic E-state index is 12.0. The summed E-state index contributed by atoms with van der Waals surface area (Å²) in [5.74, 6) is 0.971. The lowest BCUT2D eigenvalue weighted by Crippen LogP contribution is -2.41. The number of aliphatic imine (C=N–C) groups is 1. The van der Waals surface area contributed by atoms with Crippen molar-refractivity contribution in [2.75, 3.05) is 26.2 Å². The maximum Gasteiger partial charge on any atom is 0.252 e. The minimum Gasteiger partial charge on any atom is -0.357 e. The standard InChI is InChI=1S/C21H29N5O/c1-4-23-21(26-14-17(3)18-9-7-16(2)8-10-18)25-13-12-24-20(27)19-6-5-11-22-15-19/h5-11,15,17H,4,12-14H2,1-3H3,(H,24,27)(H2,23,25,26). The van der Waals surface area contributed by atoms with Crippen LogP contribution in [0.2, 0.25) is 0 Å². The second-order valence-electron chi connectivity index (χ2n) is 6.46. The summed E-state index contributed by atoms with van der Waals surface area (Å²) in [6, 6.07) is 12.1. The number of aryl methyl sites for hydroxylation is 1. The lowest BCUT2D eigenvalue weighted by Gasteiger charge is -2.14. The average molecular weight is 367 g/mol. The number of amides is 1. The lowest BCUT2D eigenvalue weighted by molar-refractivity contribution is 0.0954. The fourth-order valence-electron chi connectivity index (χ4n) is 2.53. The van der Waals surface area contributed by atoms with Gasteiger partial charge in [-0.05, 0) is 31.5 Å². The van der Waals surface area contributed by atoms with Crippen LogP contribution in [0.4, 0.5) is 0 Å². The Morgan fingerprint density at radius 3 is 2.52 bits per heavy atom. The molecule has 2 rings (SSSR count). The Bertz CT molecular complexity index is 728. The van der Waals surface area contributed by atoms with Gasteiger partial charge in [-0.3, -0.25) is 14.8 Å². The van der Waals surface area contributed by atoms with E-state index in [1.807, 2.05) is 6.92 Å². The molecule has 1 atom stereocenters. The monoisotopic (exact) mass is 367 g/mol. The Morgan fingerprint density at radius 2 is 1.85 bits per heavy atom. The number of hydrogen-bond acceptors (Lipinski definition) is 3. The predicted octanol–water partition coefficient (Wildman–Crippen LogP) is 2.48. The molecule has 0 aliphatic carbocycles. The number of carbonyl (C=O) groups excluding carboxylic acids is 1. The normalized spacial score (nSPS) is 12.3. The van der Waals surface area contributed by atoms with Crippen molar-refractivity contribution in [3.05, 3.63) is 65.5 Å². The molecule has 0 saturated carbocycles. The molecule has 0 radical (unpaired) electrons. The number of nitrogens with one attached hydrogen (secondary N) is 3. The number of nitrogens with zero attached hydrogens (tertiary/aromatic N) is 2. The Morgan fingerprint density at radius 1 is 1.11 bits per heavy atom. The summed E-state index contributed by atoms with van der Waals surface area (Å²) in [6.07, 6.45) is 3.20. The SMILES string of the molecule is CCNC(=NCC(C)c1ccc(C)cc1)NCCNC(=O)c1cccnc1. The smallest absolute Gasteiger partial charge is 0.252 e. The van der Waals surface area contributed by atoms with Gasteiger partial charge < -0.3 is 16.0 Å². The first kappa shape index (κ1) is 20.4. The first-order valence-electron chi connectivity index (χ1n) is 9.37. The molecule has 0 spiro atoms. The van der Waals surface area contributed by atoms with Crippen molar-refractivity contribution >= 4 is 11.9 Å². The van der Waals surface area contributed by atoms with E-state index in [2.05, 4.69) is 64.0 Å². The summed E-state index contributed by atoms with van der Waals surface area (Å²) < 4.78 is 0. The fourth-order valence-corrected chi connectivity index (χ4v) is 2.53. The molecule has 3 N–H and O–H groups in total. The third-order valence-corrected chi connectivity index (χ3v) is 4.14. The van der Waals surface area contributed by atoms with Crippen LogP contribution in [-0.4, -0.2) is 43.0 Å². The van der Waals surface area contributed by atoms with Crippen molar-refractivity contribution < 1.29 is 4.79 Å². The topological polar surface area (TPSA) is 78.4 Å². The van der Waals surface area contributed by atoms with Gasteiger partial charge in [0.2, 0.25) is 0 Å². The average Bonchev–Trinajstić information content (AvgIpc) is 2.70. The van der Waals surface area contributed by atoms with E-state index in [1.54, 1.807) is 24.5 Å². The Hall–Kier alpha value is -2.89. The van der Waals surface area contributed by atoms with Gasteiger partial charge in [0, 0.05) is 44.5 Å². The third-order valence-electron chi connectivity index (χ3n) is 4.14. The molecule has 0 aliphatic heterocycles. The summed E-state index contributed by atoms with van der Waals surface area (Å²) in [5.41, 5.74) is 3.10. The van der Waals surface area contributed by atoms with Crippen LogP contribution in [0.5, 0.6) is 0 Å². The van der Waals surface area contributed by atoms with Crippen molar-refractivity contribution in [3.63, 3.8) is 0 Å². The second kappa shape index (κ2) is 11.0. The van der Waals surface area contributed by atoms with Crippen LogP contribution in [0.15, 0.2) is 53.8 Å².